The molecule has 1 unspecified atom stereocenters. The summed E-state index contributed by atoms with van der Waals surface area (Å²) in [6.45, 7) is 1.96. The number of nitrogens with zero attached hydrogens (tertiary/aromatic N) is 1. The van der Waals surface area contributed by atoms with Crippen molar-refractivity contribution < 1.29 is 4.79 Å². The molecule has 2 rings (SSSR count). The van der Waals surface area contributed by atoms with E-state index in [4.69, 9.17) is 23.2 Å². The summed E-state index contributed by atoms with van der Waals surface area (Å²) in [4.78, 5) is 13.9. The highest BCUT2D eigenvalue weighted by Gasteiger charge is 2.56. The smallest absolute Gasteiger partial charge is 0.230 e. The second kappa shape index (κ2) is 4.63. The molecule has 0 heterocycles. The Kier molecular flexibility index (Phi) is 3.47. The molecule has 1 N–H and O–H groups in total. The van der Waals surface area contributed by atoms with E-state index in [2.05, 4.69) is 5.32 Å². The number of carbonyl (C=O) groups is 1. The van der Waals surface area contributed by atoms with Gasteiger partial charge in [-0.15, -0.1) is 23.2 Å². The van der Waals surface area contributed by atoms with Gasteiger partial charge in [-0.25, -0.2) is 0 Å². The van der Waals surface area contributed by atoms with Crippen LogP contribution in [0.2, 0.25) is 0 Å². The van der Waals surface area contributed by atoms with Crippen molar-refractivity contribution in [2.24, 2.45) is 5.92 Å². The summed E-state index contributed by atoms with van der Waals surface area (Å²) in [7, 11) is 3.96. The van der Waals surface area contributed by atoms with Crippen LogP contribution in [-0.2, 0) is 4.79 Å². The number of nitrogens with one attached hydrogen (secondary N) is 1. The number of carbonyl (C=O) groups excluding carboxylic acids is 1. The molecule has 0 bridgehead atoms. The fraction of sp³-hybridized carbons (Fsp3) is 0.462. The van der Waals surface area contributed by atoms with Crippen molar-refractivity contribution in [3.05, 3.63) is 23.8 Å². The van der Waals surface area contributed by atoms with Crippen LogP contribution in [0.1, 0.15) is 12.0 Å². The Morgan fingerprint density at radius 3 is 2.50 bits per heavy atom. The van der Waals surface area contributed by atoms with E-state index in [1.54, 1.807) is 0 Å². The molecular formula is C13H16Cl2N2O. The van der Waals surface area contributed by atoms with Gasteiger partial charge >= 0.3 is 0 Å². The van der Waals surface area contributed by atoms with Crippen LogP contribution in [0.5, 0.6) is 0 Å². The second-order valence-corrected chi connectivity index (χ2v) is 6.44. The first-order valence-corrected chi connectivity index (χ1v) is 6.53. The molecule has 18 heavy (non-hydrogen) atoms. The van der Waals surface area contributed by atoms with E-state index < -0.39 is 4.33 Å². The van der Waals surface area contributed by atoms with Gasteiger partial charge in [0, 0.05) is 25.5 Å². The van der Waals surface area contributed by atoms with Gasteiger partial charge in [0.05, 0.1) is 5.92 Å². The molecule has 98 valence electrons. The maximum atomic E-state index is 11.9. The molecule has 1 saturated carbocycles. The van der Waals surface area contributed by atoms with E-state index in [-0.39, 0.29) is 11.8 Å². The summed E-state index contributed by atoms with van der Waals surface area (Å²) in [6.07, 6.45) is 0.525. The molecule has 3 nitrogen and oxygen atoms in total. The SMILES string of the molecule is Cc1cc(N(C)C)ccc1NC(=O)C1CC1(Cl)Cl. The summed E-state index contributed by atoms with van der Waals surface area (Å²) in [6, 6.07) is 5.89. The lowest BCUT2D eigenvalue weighted by molar-refractivity contribution is -0.117. The van der Waals surface area contributed by atoms with Crippen LogP contribution in [0.15, 0.2) is 18.2 Å². The average Bonchev–Trinajstić information content (AvgIpc) is 2.90. The predicted molar refractivity (Wildman–Crippen MR) is 76.7 cm³/mol. The highest BCUT2D eigenvalue weighted by Crippen LogP contribution is 2.53. The van der Waals surface area contributed by atoms with E-state index in [1.807, 2.05) is 44.1 Å². The minimum atomic E-state index is -0.873. The fourth-order valence-electron chi connectivity index (χ4n) is 1.78. The largest absolute Gasteiger partial charge is 0.378 e. The van der Waals surface area contributed by atoms with Crippen molar-refractivity contribution in [2.75, 3.05) is 24.3 Å². The fourth-order valence-corrected chi connectivity index (χ4v) is 2.29. The minimum absolute atomic E-state index is 0.110. The van der Waals surface area contributed by atoms with Crippen LogP contribution in [0.4, 0.5) is 11.4 Å². The van der Waals surface area contributed by atoms with Crippen molar-refractivity contribution in [1.82, 2.24) is 0 Å². The van der Waals surface area contributed by atoms with Gasteiger partial charge in [0.1, 0.15) is 4.33 Å². The van der Waals surface area contributed by atoms with E-state index in [1.165, 1.54) is 0 Å². The van der Waals surface area contributed by atoms with Gasteiger partial charge in [0.25, 0.3) is 0 Å². The van der Waals surface area contributed by atoms with Gasteiger partial charge in [-0.1, -0.05) is 0 Å². The lowest BCUT2D eigenvalue weighted by Gasteiger charge is -2.15. The summed E-state index contributed by atoms with van der Waals surface area (Å²) in [5, 5.41) is 2.87. The summed E-state index contributed by atoms with van der Waals surface area (Å²) in [5.41, 5.74) is 2.92. The molecule has 1 amide bonds. The third-order valence-corrected chi connectivity index (χ3v) is 3.96. The third kappa shape index (κ3) is 2.73. The van der Waals surface area contributed by atoms with Crippen LogP contribution in [0, 0.1) is 12.8 Å². The normalized spacial score (nSPS) is 20.4. The zero-order valence-corrected chi connectivity index (χ0v) is 12.1. The summed E-state index contributed by atoms with van der Waals surface area (Å²) < 4.78 is -0.873. The monoisotopic (exact) mass is 286 g/mol. The summed E-state index contributed by atoms with van der Waals surface area (Å²) in [5.74, 6) is -0.408. The molecule has 0 aromatic heterocycles. The number of aryl methyl sites for hydroxylation is 1. The van der Waals surface area contributed by atoms with Crippen molar-refractivity contribution in [3.63, 3.8) is 0 Å². The molecule has 1 aromatic rings. The van der Waals surface area contributed by atoms with Gasteiger partial charge in [0.15, 0.2) is 0 Å². The third-order valence-electron chi connectivity index (χ3n) is 3.13. The molecule has 1 atom stereocenters. The second-order valence-electron chi connectivity index (χ2n) is 4.90. The first kappa shape index (κ1) is 13.5. The summed E-state index contributed by atoms with van der Waals surface area (Å²) >= 11 is 11.7. The Bertz CT molecular complexity index is 486. The predicted octanol–water partition coefficient (Wildman–Crippen LogP) is 3.19. The maximum absolute atomic E-state index is 11.9. The number of rotatable bonds is 3. The number of alkyl halides is 2. The Hall–Kier alpha value is -0.930. The van der Waals surface area contributed by atoms with Crippen molar-refractivity contribution >= 4 is 40.5 Å². The zero-order chi connectivity index (χ0) is 13.5. The van der Waals surface area contributed by atoms with Gasteiger partial charge < -0.3 is 10.2 Å². The quantitative estimate of drug-likeness (QED) is 0.866. The van der Waals surface area contributed by atoms with Crippen LogP contribution >= 0.6 is 23.2 Å². The van der Waals surface area contributed by atoms with Crippen molar-refractivity contribution in [2.45, 2.75) is 17.7 Å². The van der Waals surface area contributed by atoms with Crippen LogP contribution < -0.4 is 10.2 Å². The number of anilines is 2. The standard InChI is InChI=1S/C13H16Cl2N2O/c1-8-6-9(17(2)3)4-5-11(8)16-12(18)10-7-13(10,14)15/h4-6,10H,7H2,1-3H3,(H,16,18). The van der Waals surface area contributed by atoms with E-state index in [0.29, 0.717) is 6.42 Å². The Morgan fingerprint density at radius 2 is 2.06 bits per heavy atom. The number of hydrogen-bond acceptors (Lipinski definition) is 2. The van der Waals surface area contributed by atoms with Crippen LogP contribution in [0.25, 0.3) is 0 Å². The number of benzene rings is 1. The Balaban J connectivity index is 2.08. The molecule has 1 aromatic carbocycles. The molecule has 0 aliphatic heterocycles. The van der Waals surface area contributed by atoms with Crippen LogP contribution in [0.3, 0.4) is 0 Å². The molecule has 1 aliphatic carbocycles. The molecule has 0 saturated heterocycles. The molecule has 0 radical (unpaired) electrons. The number of amides is 1. The number of halogens is 2. The zero-order valence-electron chi connectivity index (χ0n) is 10.6. The van der Waals surface area contributed by atoms with E-state index in [0.717, 1.165) is 16.9 Å². The van der Waals surface area contributed by atoms with Gasteiger partial charge in [0.2, 0.25) is 5.91 Å². The average molecular weight is 287 g/mol. The molecule has 5 heteroatoms. The lowest BCUT2D eigenvalue weighted by atomic mass is 10.1. The van der Waals surface area contributed by atoms with Crippen LogP contribution in [-0.4, -0.2) is 24.3 Å². The Morgan fingerprint density at radius 1 is 1.44 bits per heavy atom. The molecule has 1 fully saturated rings. The van der Waals surface area contributed by atoms with Gasteiger partial charge in [-0.05, 0) is 37.1 Å². The van der Waals surface area contributed by atoms with Gasteiger partial charge in [-0.2, -0.15) is 0 Å². The van der Waals surface area contributed by atoms with E-state index >= 15 is 0 Å². The first-order chi connectivity index (χ1) is 8.31. The molecule has 0 spiro atoms. The lowest BCUT2D eigenvalue weighted by Crippen LogP contribution is -2.17. The van der Waals surface area contributed by atoms with Crippen molar-refractivity contribution in [3.8, 4) is 0 Å². The van der Waals surface area contributed by atoms with Gasteiger partial charge in [-0.3, -0.25) is 4.79 Å². The number of hydrogen-bond donors (Lipinski definition) is 1. The topological polar surface area (TPSA) is 32.3 Å². The minimum Gasteiger partial charge on any atom is -0.378 e. The highest BCUT2D eigenvalue weighted by molar-refractivity contribution is 6.52. The van der Waals surface area contributed by atoms with E-state index in [9.17, 15) is 4.79 Å². The maximum Gasteiger partial charge on any atom is 0.230 e. The Labute approximate surface area is 117 Å². The van der Waals surface area contributed by atoms with Crippen molar-refractivity contribution in [1.29, 1.82) is 0 Å². The molecule has 1 aliphatic rings. The first-order valence-electron chi connectivity index (χ1n) is 5.78. The highest BCUT2D eigenvalue weighted by atomic mass is 35.5. The molecular weight excluding hydrogens is 271 g/mol.